The van der Waals surface area contributed by atoms with Crippen LogP contribution in [0.4, 0.5) is 5.69 Å². The van der Waals surface area contributed by atoms with Crippen molar-refractivity contribution in [3.05, 3.63) is 23.8 Å². The second-order valence-electron chi connectivity index (χ2n) is 2.94. The van der Waals surface area contributed by atoms with Gasteiger partial charge in [-0.15, -0.1) is 6.42 Å². The van der Waals surface area contributed by atoms with Gasteiger partial charge in [-0.1, -0.05) is 12.0 Å². The topological polar surface area (TPSA) is 21.3 Å². The number of benzene rings is 1. The fourth-order valence-corrected chi connectivity index (χ4v) is 1.53. The predicted octanol–water partition coefficient (Wildman–Crippen LogP) is 1.67. The molecule has 1 aromatic rings. The molecule has 0 spiro atoms. The van der Waals surface area contributed by atoms with Gasteiger partial charge in [-0.25, -0.2) is 0 Å². The van der Waals surface area contributed by atoms with Gasteiger partial charge < -0.3 is 10.1 Å². The Balaban J connectivity index is 2.26. The highest BCUT2D eigenvalue weighted by Gasteiger charge is 2.14. The van der Waals surface area contributed by atoms with Gasteiger partial charge >= 0.3 is 0 Å². The lowest BCUT2D eigenvalue weighted by molar-refractivity contribution is 0.357. The van der Waals surface area contributed by atoms with Crippen LogP contribution in [0.25, 0.3) is 0 Å². The van der Waals surface area contributed by atoms with E-state index in [2.05, 4.69) is 11.2 Å². The van der Waals surface area contributed by atoms with Crippen LogP contribution >= 0.6 is 0 Å². The lowest BCUT2D eigenvalue weighted by atomic mass is 10.1. The van der Waals surface area contributed by atoms with Crippen molar-refractivity contribution < 1.29 is 4.74 Å². The van der Waals surface area contributed by atoms with Crippen molar-refractivity contribution in [2.45, 2.75) is 6.42 Å². The molecule has 0 fully saturated rings. The maximum atomic E-state index is 5.43. The van der Waals surface area contributed by atoms with Gasteiger partial charge in [-0.2, -0.15) is 0 Å². The predicted molar refractivity (Wildman–Crippen MR) is 53.0 cm³/mol. The van der Waals surface area contributed by atoms with Crippen molar-refractivity contribution in [2.75, 3.05) is 18.5 Å². The van der Waals surface area contributed by atoms with Crippen LogP contribution < -0.4 is 10.1 Å². The highest BCUT2D eigenvalue weighted by molar-refractivity contribution is 5.59. The van der Waals surface area contributed by atoms with Crippen LogP contribution in [-0.4, -0.2) is 13.2 Å². The molecule has 13 heavy (non-hydrogen) atoms. The zero-order chi connectivity index (χ0) is 9.10. The summed E-state index contributed by atoms with van der Waals surface area (Å²) in [4.78, 5) is 0. The number of nitrogens with one attached hydrogen (secondary N) is 1. The van der Waals surface area contributed by atoms with E-state index < -0.39 is 0 Å². The Kier molecular flexibility index (Phi) is 2.09. The zero-order valence-electron chi connectivity index (χ0n) is 7.34. The number of hydrogen-bond donors (Lipinski definition) is 1. The maximum Gasteiger partial charge on any atom is 0.124 e. The van der Waals surface area contributed by atoms with E-state index in [1.807, 2.05) is 18.2 Å². The van der Waals surface area contributed by atoms with E-state index in [9.17, 15) is 0 Å². The Morgan fingerprint density at radius 1 is 1.54 bits per heavy atom. The third-order valence-corrected chi connectivity index (χ3v) is 2.12. The molecule has 0 amide bonds. The molecule has 1 heterocycles. The summed E-state index contributed by atoms with van der Waals surface area (Å²) in [5, 5.41) is 3.18. The molecule has 1 aliphatic rings. The Morgan fingerprint density at radius 3 is 3.31 bits per heavy atom. The Labute approximate surface area is 77.9 Å². The summed E-state index contributed by atoms with van der Waals surface area (Å²) in [6.45, 7) is 1.35. The largest absolute Gasteiger partial charge is 0.493 e. The number of rotatable bonds is 2. The summed E-state index contributed by atoms with van der Waals surface area (Å²) < 4.78 is 5.43. The molecule has 0 saturated carbocycles. The van der Waals surface area contributed by atoms with Crippen molar-refractivity contribution in [3.8, 4) is 18.1 Å². The average molecular weight is 173 g/mol. The molecule has 0 aliphatic carbocycles. The van der Waals surface area contributed by atoms with Crippen LogP contribution in [0.15, 0.2) is 18.2 Å². The molecule has 2 heteroatoms. The van der Waals surface area contributed by atoms with Gasteiger partial charge in [0.2, 0.25) is 0 Å². The van der Waals surface area contributed by atoms with Crippen molar-refractivity contribution in [2.24, 2.45) is 0 Å². The molecular weight excluding hydrogens is 162 g/mol. The van der Waals surface area contributed by atoms with E-state index >= 15 is 0 Å². The number of terminal acetylenes is 1. The second kappa shape index (κ2) is 3.40. The fraction of sp³-hybridized carbons (Fsp3) is 0.273. The van der Waals surface area contributed by atoms with Gasteiger partial charge in [0, 0.05) is 17.7 Å². The highest BCUT2D eigenvalue weighted by atomic mass is 16.5. The van der Waals surface area contributed by atoms with Crippen LogP contribution in [0.1, 0.15) is 5.56 Å². The quantitative estimate of drug-likeness (QED) is 0.687. The molecule has 66 valence electrons. The van der Waals surface area contributed by atoms with Crippen LogP contribution in [0.3, 0.4) is 0 Å². The van der Waals surface area contributed by atoms with Crippen molar-refractivity contribution in [1.29, 1.82) is 0 Å². The third kappa shape index (κ3) is 1.46. The number of hydrogen-bond acceptors (Lipinski definition) is 2. The molecule has 1 N–H and O–H groups in total. The van der Waals surface area contributed by atoms with Crippen LogP contribution in [0, 0.1) is 12.3 Å². The van der Waals surface area contributed by atoms with Crippen molar-refractivity contribution >= 4 is 5.69 Å². The normalized spacial score (nSPS) is 12.8. The lowest BCUT2D eigenvalue weighted by Crippen LogP contribution is -2.00. The average Bonchev–Trinajstić information content (AvgIpc) is 2.62. The minimum absolute atomic E-state index is 0.566. The molecular formula is C11H11NO. The summed E-state index contributed by atoms with van der Waals surface area (Å²) in [5.41, 5.74) is 2.35. The Morgan fingerprint density at radius 2 is 2.46 bits per heavy atom. The van der Waals surface area contributed by atoms with Gasteiger partial charge in [-0.05, 0) is 12.1 Å². The summed E-state index contributed by atoms with van der Waals surface area (Å²) in [6, 6.07) is 6.00. The molecule has 0 radical (unpaired) electrons. The van der Waals surface area contributed by atoms with E-state index in [-0.39, 0.29) is 0 Å². The van der Waals surface area contributed by atoms with Gasteiger partial charge in [0.25, 0.3) is 0 Å². The summed E-state index contributed by atoms with van der Waals surface area (Å²) in [6.07, 6.45) is 6.15. The summed E-state index contributed by atoms with van der Waals surface area (Å²) >= 11 is 0. The second-order valence-corrected chi connectivity index (χ2v) is 2.94. The van der Waals surface area contributed by atoms with Gasteiger partial charge in [0.15, 0.2) is 0 Å². The van der Waals surface area contributed by atoms with Crippen LogP contribution in [0.5, 0.6) is 5.75 Å². The minimum atomic E-state index is 0.566. The van der Waals surface area contributed by atoms with Gasteiger partial charge in [-0.3, -0.25) is 0 Å². The zero-order valence-corrected chi connectivity index (χ0v) is 7.34. The molecule has 0 bridgehead atoms. The van der Waals surface area contributed by atoms with E-state index in [1.54, 1.807) is 0 Å². The minimum Gasteiger partial charge on any atom is -0.493 e. The number of fused-ring (bicyclic) bond motifs is 1. The standard InChI is InChI=1S/C11H11NO/c1-2-7-12-10-4-3-5-11-9(10)6-8-13-11/h1,3-5,12H,6-8H2. The lowest BCUT2D eigenvalue weighted by Gasteiger charge is -2.06. The Hall–Kier alpha value is -1.62. The number of anilines is 1. The molecule has 0 atom stereocenters. The molecule has 0 saturated heterocycles. The molecule has 1 aliphatic heterocycles. The molecule has 2 nitrogen and oxygen atoms in total. The third-order valence-electron chi connectivity index (χ3n) is 2.12. The molecule has 2 rings (SSSR count). The highest BCUT2D eigenvalue weighted by Crippen LogP contribution is 2.31. The smallest absolute Gasteiger partial charge is 0.124 e. The van der Waals surface area contributed by atoms with Gasteiger partial charge in [0.1, 0.15) is 5.75 Å². The van der Waals surface area contributed by atoms with E-state index in [0.29, 0.717) is 6.54 Å². The molecule has 0 aromatic heterocycles. The van der Waals surface area contributed by atoms with Crippen LogP contribution in [-0.2, 0) is 6.42 Å². The first-order chi connectivity index (χ1) is 6.42. The first-order valence-corrected chi connectivity index (χ1v) is 4.34. The van der Waals surface area contributed by atoms with Gasteiger partial charge in [0.05, 0.1) is 13.2 Å². The SMILES string of the molecule is C#CCNc1cccc2c1CCO2. The maximum absolute atomic E-state index is 5.43. The first-order valence-electron chi connectivity index (χ1n) is 4.34. The molecule has 0 unspecified atom stereocenters. The van der Waals surface area contributed by atoms with E-state index in [1.165, 1.54) is 5.56 Å². The van der Waals surface area contributed by atoms with E-state index in [0.717, 1.165) is 24.5 Å². The fourth-order valence-electron chi connectivity index (χ4n) is 1.53. The monoisotopic (exact) mass is 173 g/mol. The summed E-state index contributed by atoms with van der Waals surface area (Å²) in [5.74, 6) is 3.54. The van der Waals surface area contributed by atoms with Crippen molar-refractivity contribution in [3.63, 3.8) is 0 Å². The first kappa shape index (κ1) is 8.00. The summed E-state index contributed by atoms with van der Waals surface area (Å²) in [7, 11) is 0. The van der Waals surface area contributed by atoms with E-state index in [4.69, 9.17) is 11.2 Å². The number of ether oxygens (including phenoxy) is 1. The van der Waals surface area contributed by atoms with Crippen LogP contribution in [0.2, 0.25) is 0 Å². The van der Waals surface area contributed by atoms with Crippen molar-refractivity contribution in [1.82, 2.24) is 0 Å². The molecule has 1 aromatic carbocycles. The Bertz CT molecular complexity index is 352.